The maximum absolute atomic E-state index is 8.14. The Morgan fingerprint density at radius 1 is 0.313 bits per heavy atom. The van der Waals surface area contributed by atoms with E-state index in [-0.39, 0.29) is 0 Å². The standard InChI is InChI=1S/C74H62N8O/c1-71(2,46-29-13-9-14-30-46)58-45-59(61(73(5,6)48-33-17-11-18-34-48)62(74(7,8)49-35-19-12-20-36-49)60(58)72(3,4)47-31-15-10-16-32-47)83-82-69-56-43-27-28-44-57(56)70(82)81-68-55-42-26-24-40-53(55)66(79-68)77-64-51-38-22-21-37-50(51)63(75-64)76-65-52-39-23-25-41-54(52)67(78-65)80-69/h9-45H,1-8H3,(H,75,76,77,78,79,80,81). The third-order valence-corrected chi connectivity index (χ3v) is 17.6. The number of aromatic amines is 1. The molecule has 0 spiro atoms. The molecule has 0 saturated heterocycles. The molecule has 8 bridgehead atoms. The van der Waals surface area contributed by atoms with Crippen LogP contribution in [0.3, 0.4) is 0 Å². The van der Waals surface area contributed by atoms with Gasteiger partial charge in [-0.2, -0.15) is 0 Å². The highest BCUT2D eigenvalue weighted by atomic mass is 16.7. The van der Waals surface area contributed by atoms with Crippen molar-refractivity contribution >= 4 is 44.1 Å². The first-order chi connectivity index (χ1) is 40.2. The molecule has 0 unspecified atom stereocenters. The van der Waals surface area contributed by atoms with Crippen molar-refractivity contribution in [2.45, 2.75) is 77.0 Å². The third kappa shape index (κ3) is 8.35. The minimum Gasteiger partial charge on any atom is -0.371 e. The van der Waals surface area contributed by atoms with Gasteiger partial charge in [-0.15, -0.1) is 4.73 Å². The molecule has 1 N–H and O–H groups in total. The lowest BCUT2D eigenvalue weighted by Gasteiger charge is -2.45. The van der Waals surface area contributed by atoms with Crippen LogP contribution >= 0.6 is 0 Å². The monoisotopic (exact) mass is 1080 g/mol. The van der Waals surface area contributed by atoms with Gasteiger partial charge in [-0.25, -0.2) is 29.9 Å². The molecule has 2 aliphatic rings. The minimum atomic E-state index is -0.691. The van der Waals surface area contributed by atoms with E-state index in [1.165, 1.54) is 27.8 Å². The molecule has 12 aromatic rings. The number of fused-ring (bicyclic) bond motifs is 20. The van der Waals surface area contributed by atoms with Crippen LogP contribution in [0, 0.1) is 0 Å². The minimum absolute atomic E-state index is 0.493. The highest BCUT2D eigenvalue weighted by Gasteiger charge is 2.46. The maximum Gasteiger partial charge on any atom is 0.181 e. The number of nitrogens with zero attached hydrogens (tertiary/aromatic N) is 7. The Morgan fingerprint density at radius 3 is 1.02 bits per heavy atom. The molecule has 0 aliphatic carbocycles. The predicted octanol–water partition coefficient (Wildman–Crippen LogP) is 17.5. The van der Waals surface area contributed by atoms with Crippen LogP contribution in [-0.2, 0) is 21.7 Å². The Hall–Kier alpha value is -9.86. The molecule has 5 heterocycles. The molecule has 0 atom stereocenters. The Balaban J connectivity index is 1.19. The molecular formula is C74H62N8O. The highest BCUT2D eigenvalue weighted by molar-refractivity contribution is 6.06. The summed E-state index contributed by atoms with van der Waals surface area (Å²) in [5.41, 5.74) is 12.5. The van der Waals surface area contributed by atoms with Crippen LogP contribution in [0.1, 0.15) is 99.9 Å². The first-order valence-electron chi connectivity index (χ1n) is 28.5. The van der Waals surface area contributed by atoms with Gasteiger partial charge in [0.15, 0.2) is 40.3 Å². The van der Waals surface area contributed by atoms with E-state index in [4.69, 9.17) is 34.7 Å². The molecule has 83 heavy (non-hydrogen) atoms. The Bertz CT molecular complexity index is 4530. The molecule has 9 heteroatoms. The predicted molar refractivity (Wildman–Crippen MR) is 336 cm³/mol. The van der Waals surface area contributed by atoms with Gasteiger partial charge in [0.25, 0.3) is 0 Å². The van der Waals surface area contributed by atoms with Crippen molar-refractivity contribution < 1.29 is 4.84 Å². The van der Waals surface area contributed by atoms with Gasteiger partial charge in [0.1, 0.15) is 11.3 Å². The smallest absolute Gasteiger partial charge is 0.181 e. The Kier molecular flexibility index (Phi) is 12.0. The topological polar surface area (TPSA) is 107 Å². The molecule has 2 aliphatic heterocycles. The summed E-state index contributed by atoms with van der Waals surface area (Å²) in [6.45, 7) is 19.0. The van der Waals surface area contributed by atoms with Crippen LogP contribution in [-0.4, -0.2) is 39.6 Å². The van der Waals surface area contributed by atoms with Gasteiger partial charge in [-0.05, 0) is 45.0 Å². The lowest BCUT2D eigenvalue weighted by molar-refractivity contribution is 0.230. The van der Waals surface area contributed by atoms with Gasteiger partial charge in [0, 0.05) is 71.0 Å². The third-order valence-electron chi connectivity index (χ3n) is 17.6. The molecule has 0 saturated carbocycles. The van der Waals surface area contributed by atoms with Gasteiger partial charge < -0.3 is 9.82 Å². The zero-order valence-corrected chi connectivity index (χ0v) is 47.9. The van der Waals surface area contributed by atoms with E-state index in [1.54, 1.807) is 0 Å². The van der Waals surface area contributed by atoms with Gasteiger partial charge in [-0.1, -0.05) is 274 Å². The molecular weight excluding hydrogens is 1020 g/mol. The quantitative estimate of drug-likeness (QED) is 0.145. The number of hydrogen-bond acceptors (Lipinski definition) is 7. The zero-order valence-electron chi connectivity index (χ0n) is 47.9. The molecule has 404 valence electrons. The molecule has 0 radical (unpaired) electrons. The van der Waals surface area contributed by atoms with Crippen molar-refractivity contribution in [2.75, 3.05) is 0 Å². The van der Waals surface area contributed by atoms with Crippen LogP contribution in [0.4, 0.5) is 0 Å². The largest absolute Gasteiger partial charge is 0.371 e. The van der Waals surface area contributed by atoms with Crippen molar-refractivity contribution in [3.8, 4) is 51.3 Å². The average molecular weight is 1080 g/mol. The fourth-order valence-electron chi connectivity index (χ4n) is 13.0. The van der Waals surface area contributed by atoms with Crippen LogP contribution in [0.2, 0.25) is 0 Å². The summed E-state index contributed by atoms with van der Waals surface area (Å²) in [4.78, 5) is 44.4. The SMILES string of the molecule is CC(C)(c1ccccc1)c1cc(On2c3nc4nc(nc5[nH]c(nc6nc(nc2c2ccccc23)-c2ccccc2-6)c2ccccc52)-c2ccccc2-4)c(C(C)(C)c2ccccc2)c(C(C)(C)c2ccccc2)c1C(C)(C)c1ccccc1. The van der Waals surface area contributed by atoms with Crippen molar-refractivity contribution in [2.24, 2.45) is 0 Å². The fraction of sp³-hybridized carbons (Fsp3) is 0.162. The van der Waals surface area contributed by atoms with Crippen molar-refractivity contribution in [3.05, 3.63) is 269 Å². The van der Waals surface area contributed by atoms with E-state index in [9.17, 15) is 0 Å². The second kappa shape index (κ2) is 19.4. The van der Waals surface area contributed by atoms with E-state index >= 15 is 0 Å². The first-order valence-corrected chi connectivity index (χ1v) is 28.5. The van der Waals surface area contributed by atoms with Gasteiger partial charge >= 0.3 is 0 Å². The van der Waals surface area contributed by atoms with Gasteiger partial charge in [-0.3, -0.25) is 0 Å². The van der Waals surface area contributed by atoms with Gasteiger partial charge in [0.05, 0.1) is 0 Å². The maximum atomic E-state index is 8.14. The second-order valence-corrected chi connectivity index (χ2v) is 24.0. The lowest BCUT2D eigenvalue weighted by Crippen LogP contribution is -2.37. The zero-order chi connectivity index (χ0) is 56.8. The van der Waals surface area contributed by atoms with E-state index < -0.39 is 21.7 Å². The summed E-state index contributed by atoms with van der Waals surface area (Å²) in [5, 5.41) is 3.47. The Labute approximate surface area is 483 Å². The average Bonchev–Trinajstić information content (AvgIpc) is 1.82. The van der Waals surface area contributed by atoms with Gasteiger partial charge in [0.2, 0.25) is 0 Å². The Morgan fingerprint density at radius 2 is 0.627 bits per heavy atom. The number of aromatic nitrogens is 8. The molecule has 0 fully saturated rings. The van der Waals surface area contributed by atoms with E-state index in [2.05, 4.69) is 236 Å². The number of benzene rings is 9. The molecule has 0 amide bonds. The van der Waals surface area contributed by atoms with Crippen molar-refractivity contribution in [3.63, 3.8) is 0 Å². The van der Waals surface area contributed by atoms with E-state index in [1.807, 2.05) is 53.3 Å². The number of hydrogen-bond donors (Lipinski definition) is 1. The van der Waals surface area contributed by atoms with E-state index in [0.717, 1.165) is 60.5 Å². The number of H-pyrrole nitrogens is 1. The van der Waals surface area contributed by atoms with Crippen molar-refractivity contribution in [1.29, 1.82) is 0 Å². The fourth-order valence-corrected chi connectivity index (χ4v) is 13.0. The first kappa shape index (κ1) is 51.3. The van der Waals surface area contributed by atoms with Crippen LogP contribution < -0.4 is 4.84 Å². The lowest BCUT2D eigenvalue weighted by atomic mass is 9.59. The number of rotatable bonds is 10. The molecule has 9 aromatic carbocycles. The summed E-state index contributed by atoms with van der Waals surface area (Å²) in [5.74, 6) is 2.70. The summed E-state index contributed by atoms with van der Waals surface area (Å²) < 4.78 is 1.85. The molecule has 14 rings (SSSR count). The van der Waals surface area contributed by atoms with Crippen LogP contribution in [0.5, 0.6) is 5.75 Å². The number of nitrogens with one attached hydrogen (secondary N) is 1. The summed E-state index contributed by atoms with van der Waals surface area (Å²) in [7, 11) is 0. The van der Waals surface area contributed by atoms with E-state index in [0.29, 0.717) is 51.6 Å². The van der Waals surface area contributed by atoms with Crippen molar-refractivity contribution in [1.82, 2.24) is 39.6 Å². The highest BCUT2D eigenvalue weighted by Crippen LogP contribution is 2.55. The summed E-state index contributed by atoms with van der Waals surface area (Å²) in [6.07, 6.45) is 0. The summed E-state index contributed by atoms with van der Waals surface area (Å²) >= 11 is 0. The van der Waals surface area contributed by atoms with Crippen LogP contribution in [0.25, 0.3) is 89.7 Å². The molecule has 9 nitrogen and oxygen atoms in total. The molecule has 3 aromatic heterocycles. The normalized spacial score (nSPS) is 12.6. The summed E-state index contributed by atoms with van der Waals surface area (Å²) in [6, 6.07) is 78.8. The second-order valence-electron chi connectivity index (χ2n) is 24.0. The van der Waals surface area contributed by atoms with Crippen LogP contribution in [0.15, 0.2) is 224 Å².